The summed E-state index contributed by atoms with van der Waals surface area (Å²) in [6.07, 6.45) is 0. The number of phenolic OH excluding ortho intramolecular Hbond substituents is 1. The standard InChI is InChI=1S/C7H4ClFO3/c8-4-1-3(7(11)12)5(9)2-6(4)10/h1-2,10H,(H,11,12). The molecule has 0 aliphatic carbocycles. The van der Waals surface area contributed by atoms with Crippen molar-refractivity contribution in [2.45, 2.75) is 0 Å². The zero-order valence-electron chi connectivity index (χ0n) is 5.71. The second kappa shape index (κ2) is 2.98. The Bertz CT molecular complexity index is 338. The van der Waals surface area contributed by atoms with Crippen LogP contribution in [0.2, 0.25) is 5.02 Å². The van der Waals surface area contributed by atoms with E-state index in [0.29, 0.717) is 6.07 Å². The lowest BCUT2D eigenvalue weighted by Gasteiger charge is -1.99. The molecule has 0 radical (unpaired) electrons. The van der Waals surface area contributed by atoms with Crippen molar-refractivity contribution in [3.8, 4) is 5.75 Å². The van der Waals surface area contributed by atoms with Gasteiger partial charge in [0.25, 0.3) is 0 Å². The molecule has 0 saturated heterocycles. The first-order valence-electron chi connectivity index (χ1n) is 2.93. The molecule has 0 spiro atoms. The molecule has 0 fully saturated rings. The Kier molecular flexibility index (Phi) is 2.19. The average molecular weight is 191 g/mol. The Hall–Kier alpha value is -1.29. The summed E-state index contributed by atoms with van der Waals surface area (Å²) in [5.41, 5.74) is -0.558. The Morgan fingerprint density at radius 1 is 1.50 bits per heavy atom. The predicted octanol–water partition coefficient (Wildman–Crippen LogP) is 1.88. The highest BCUT2D eigenvalue weighted by Crippen LogP contribution is 2.25. The molecule has 0 aliphatic rings. The monoisotopic (exact) mass is 190 g/mol. The molecule has 1 rings (SSSR count). The number of carboxylic acid groups (broad SMARTS) is 1. The van der Waals surface area contributed by atoms with Gasteiger partial charge in [0.05, 0.1) is 10.6 Å². The number of aromatic carboxylic acids is 1. The van der Waals surface area contributed by atoms with E-state index in [9.17, 15) is 9.18 Å². The van der Waals surface area contributed by atoms with Gasteiger partial charge in [0.2, 0.25) is 0 Å². The molecule has 2 N–H and O–H groups in total. The van der Waals surface area contributed by atoms with Crippen molar-refractivity contribution in [1.82, 2.24) is 0 Å². The van der Waals surface area contributed by atoms with Gasteiger partial charge < -0.3 is 10.2 Å². The first kappa shape index (κ1) is 8.80. The normalized spacial score (nSPS) is 9.83. The third kappa shape index (κ3) is 1.48. The van der Waals surface area contributed by atoms with Gasteiger partial charge in [0, 0.05) is 6.07 Å². The summed E-state index contributed by atoms with van der Waals surface area (Å²) in [5, 5.41) is 17.1. The molecule has 0 heterocycles. The molecule has 12 heavy (non-hydrogen) atoms. The summed E-state index contributed by atoms with van der Waals surface area (Å²) in [5.74, 6) is -2.90. The van der Waals surface area contributed by atoms with Gasteiger partial charge in [-0.1, -0.05) is 11.6 Å². The van der Waals surface area contributed by atoms with Crippen LogP contribution in [0.25, 0.3) is 0 Å². The zero-order valence-corrected chi connectivity index (χ0v) is 6.47. The molecule has 1 aromatic carbocycles. The van der Waals surface area contributed by atoms with Crippen LogP contribution in [-0.4, -0.2) is 16.2 Å². The van der Waals surface area contributed by atoms with Crippen LogP contribution in [0.5, 0.6) is 5.75 Å². The lowest BCUT2D eigenvalue weighted by molar-refractivity contribution is 0.0692. The molecule has 0 bridgehead atoms. The van der Waals surface area contributed by atoms with Crippen LogP contribution < -0.4 is 0 Å². The second-order valence-corrected chi connectivity index (χ2v) is 2.50. The summed E-state index contributed by atoms with van der Waals surface area (Å²) in [7, 11) is 0. The minimum Gasteiger partial charge on any atom is -0.506 e. The van der Waals surface area contributed by atoms with Crippen LogP contribution >= 0.6 is 11.6 Å². The minimum atomic E-state index is -1.42. The highest BCUT2D eigenvalue weighted by molar-refractivity contribution is 6.32. The number of carboxylic acids is 1. The van der Waals surface area contributed by atoms with E-state index in [2.05, 4.69) is 0 Å². The first-order chi connectivity index (χ1) is 5.52. The smallest absolute Gasteiger partial charge is 0.338 e. The number of phenols is 1. The molecule has 64 valence electrons. The summed E-state index contributed by atoms with van der Waals surface area (Å²) in [6.45, 7) is 0. The molecule has 0 unspecified atom stereocenters. The number of aromatic hydroxyl groups is 1. The lowest BCUT2D eigenvalue weighted by Crippen LogP contribution is -1.99. The largest absolute Gasteiger partial charge is 0.506 e. The van der Waals surface area contributed by atoms with E-state index in [1.807, 2.05) is 0 Å². The molecule has 3 nitrogen and oxygen atoms in total. The van der Waals surface area contributed by atoms with E-state index in [-0.39, 0.29) is 5.02 Å². The summed E-state index contributed by atoms with van der Waals surface area (Å²) < 4.78 is 12.7. The van der Waals surface area contributed by atoms with Crippen LogP contribution in [0.15, 0.2) is 12.1 Å². The number of carbonyl (C=O) groups is 1. The number of benzene rings is 1. The van der Waals surface area contributed by atoms with Crippen LogP contribution in [0.3, 0.4) is 0 Å². The van der Waals surface area contributed by atoms with Crippen molar-refractivity contribution >= 4 is 17.6 Å². The predicted molar refractivity (Wildman–Crippen MR) is 40.0 cm³/mol. The van der Waals surface area contributed by atoms with Crippen LogP contribution in [0.4, 0.5) is 4.39 Å². The van der Waals surface area contributed by atoms with E-state index in [0.717, 1.165) is 6.07 Å². The molecule has 0 atom stereocenters. The molecule has 5 heteroatoms. The van der Waals surface area contributed by atoms with Gasteiger partial charge in [0.1, 0.15) is 11.6 Å². The second-order valence-electron chi connectivity index (χ2n) is 2.09. The molecule has 0 aromatic heterocycles. The topological polar surface area (TPSA) is 57.5 Å². The number of halogens is 2. The fourth-order valence-corrected chi connectivity index (χ4v) is 0.864. The molecular weight excluding hydrogens is 187 g/mol. The van der Waals surface area contributed by atoms with E-state index in [4.69, 9.17) is 21.8 Å². The van der Waals surface area contributed by atoms with Crippen LogP contribution in [0.1, 0.15) is 10.4 Å². The van der Waals surface area contributed by atoms with E-state index in [1.54, 1.807) is 0 Å². The van der Waals surface area contributed by atoms with Gasteiger partial charge >= 0.3 is 5.97 Å². The molecule has 1 aromatic rings. The third-order valence-corrected chi connectivity index (χ3v) is 1.57. The third-order valence-electron chi connectivity index (χ3n) is 1.27. The van der Waals surface area contributed by atoms with Gasteiger partial charge in [-0.05, 0) is 6.07 Å². The van der Waals surface area contributed by atoms with Gasteiger partial charge in [-0.25, -0.2) is 9.18 Å². The van der Waals surface area contributed by atoms with E-state index >= 15 is 0 Å². The van der Waals surface area contributed by atoms with E-state index in [1.165, 1.54) is 0 Å². The van der Waals surface area contributed by atoms with E-state index < -0.39 is 23.1 Å². The highest BCUT2D eigenvalue weighted by Gasteiger charge is 2.13. The average Bonchev–Trinajstić information content (AvgIpc) is 1.96. The van der Waals surface area contributed by atoms with Gasteiger partial charge in [-0.15, -0.1) is 0 Å². The minimum absolute atomic E-state index is 0.186. The maximum absolute atomic E-state index is 12.7. The fraction of sp³-hybridized carbons (Fsp3) is 0. The maximum atomic E-state index is 12.7. The quantitative estimate of drug-likeness (QED) is 0.711. The van der Waals surface area contributed by atoms with Crippen molar-refractivity contribution in [2.24, 2.45) is 0 Å². The first-order valence-corrected chi connectivity index (χ1v) is 3.31. The summed E-state index contributed by atoms with van der Waals surface area (Å²) in [4.78, 5) is 10.3. The fourth-order valence-electron chi connectivity index (χ4n) is 0.700. The maximum Gasteiger partial charge on any atom is 0.338 e. The zero-order chi connectivity index (χ0) is 9.30. The van der Waals surface area contributed by atoms with Crippen molar-refractivity contribution < 1.29 is 19.4 Å². The van der Waals surface area contributed by atoms with Crippen molar-refractivity contribution in [3.63, 3.8) is 0 Å². The van der Waals surface area contributed by atoms with Crippen LogP contribution in [0, 0.1) is 5.82 Å². The van der Waals surface area contributed by atoms with Crippen LogP contribution in [-0.2, 0) is 0 Å². The van der Waals surface area contributed by atoms with Crippen molar-refractivity contribution in [1.29, 1.82) is 0 Å². The Morgan fingerprint density at radius 3 is 2.58 bits per heavy atom. The highest BCUT2D eigenvalue weighted by atomic mass is 35.5. The van der Waals surface area contributed by atoms with Gasteiger partial charge in [-0.2, -0.15) is 0 Å². The number of hydrogen-bond donors (Lipinski definition) is 2. The number of hydrogen-bond acceptors (Lipinski definition) is 2. The molecular formula is C7H4ClFO3. The van der Waals surface area contributed by atoms with Crippen molar-refractivity contribution in [2.75, 3.05) is 0 Å². The Balaban J connectivity index is 3.33. The van der Waals surface area contributed by atoms with Crippen molar-refractivity contribution in [3.05, 3.63) is 28.5 Å². The number of rotatable bonds is 1. The lowest BCUT2D eigenvalue weighted by atomic mass is 10.2. The molecule has 0 aliphatic heterocycles. The van der Waals surface area contributed by atoms with Gasteiger partial charge in [0.15, 0.2) is 0 Å². The Morgan fingerprint density at radius 2 is 2.08 bits per heavy atom. The SMILES string of the molecule is O=C(O)c1cc(Cl)c(O)cc1F. The molecule has 0 saturated carbocycles. The summed E-state index contributed by atoms with van der Waals surface area (Å²) >= 11 is 5.35. The molecule has 0 amide bonds. The Labute approximate surface area is 72.0 Å². The van der Waals surface area contributed by atoms with Gasteiger partial charge in [-0.3, -0.25) is 0 Å². The summed E-state index contributed by atoms with van der Waals surface area (Å²) in [6, 6.07) is 1.51.